The van der Waals surface area contributed by atoms with E-state index in [1.54, 1.807) is 12.3 Å². The van der Waals surface area contributed by atoms with E-state index in [1.807, 2.05) is 11.0 Å². The number of hydrogen-bond acceptors (Lipinski definition) is 5. The number of aromatic nitrogens is 1. The minimum absolute atomic E-state index is 0.240. The molecule has 1 aromatic heterocycles. The van der Waals surface area contributed by atoms with Crippen LogP contribution in [0.15, 0.2) is 27.9 Å². The molecule has 0 aliphatic carbocycles. The maximum absolute atomic E-state index is 10.5. The molecule has 0 radical (unpaired) electrons. The van der Waals surface area contributed by atoms with Crippen LogP contribution in [0.3, 0.4) is 0 Å². The molecule has 0 unspecified atom stereocenters. The zero-order chi connectivity index (χ0) is 11.5. The molecule has 0 amide bonds. The molecule has 6 nitrogen and oxygen atoms in total. The second-order valence-corrected chi connectivity index (χ2v) is 4.09. The normalized spacial score (nSPS) is 15.1. The highest BCUT2D eigenvalue weighted by atomic mass is 79.9. The van der Waals surface area contributed by atoms with Gasteiger partial charge in [0.15, 0.2) is 5.84 Å². The topological polar surface area (TPSA) is 71.6 Å². The summed E-state index contributed by atoms with van der Waals surface area (Å²) in [4.78, 5) is 20.1. The summed E-state index contributed by atoms with van der Waals surface area (Å²) < 4.78 is 0.739. The van der Waals surface area contributed by atoms with E-state index in [4.69, 9.17) is 0 Å². The molecule has 16 heavy (non-hydrogen) atoms. The Bertz CT molecular complexity index is 432. The molecule has 0 N–H and O–H groups in total. The Morgan fingerprint density at radius 3 is 3.00 bits per heavy atom. The Kier molecular flexibility index (Phi) is 3.14. The van der Waals surface area contributed by atoms with E-state index < -0.39 is 0 Å². The van der Waals surface area contributed by atoms with Gasteiger partial charge in [0.05, 0.1) is 18.4 Å². The van der Waals surface area contributed by atoms with Crippen LogP contribution < -0.4 is 4.90 Å². The second kappa shape index (κ2) is 4.56. The lowest BCUT2D eigenvalue weighted by atomic mass is 10.3. The maximum Gasteiger partial charge on any atom is 0.260 e. The first kappa shape index (κ1) is 11.0. The van der Waals surface area contributed by atoms with Gasteiger partial charge in [0.1, 0.15) is 4.60 Å². The third kappa shape index (κ3) is 2.35. The summed E-state index contributed by atoms with van der Waals surface area (Å²) in [5.41, 5.74) is 0.835. The molecule has 0 fully saturated rings. The van der Waals surface area contributed by atoms with Gasteiger partial charge in [-0.05, 0) is 28.1 Å². The number of aliphatic imine (C=N–C) groups is 1. The maximum atomic E-state index is 10.5. The molecule has 7 heteroatoms. The molecule has 0 saturated heterocycles. The number of nitro groups is 1. The fourth-order valence-electron chi connectivity index (χ4n) is 1.55. The molecule has 84 valence electrons. The molecule has 1 aliphatic heterocycles. The Hall–Kier alpha value is -1.50. The van der Waals surface area contributed by atoms with Gasteiger partial charge in [0.2, 0.25) is 0 Å². The highest BCUT2D eigenvalue weighted by molar-refractivity contribution is 9.10. The summed E-state index contributed by atoms with van der Waals surface area (Å²) in [5.74, 6) is 0.495. The predicted molar refractivity (Wildman–Crippen MR) is 63.4 cm³/mol. The number of pyridine rings is 1. The van der Waals surface area contributed by atoms with Crippen LogP contribution in [0.2, 0.25) is 0 Å². The van der Waals surface area contributed by atoms with Crippen molar-refractivity contribution in [1.82, 2.24) is 4.98 Å². The minimum atomic E-state index is -0.372. The van der Waals surface area contributed by atoms with Crippen molar-refractivity contribution in [3.63, 3.8) is 0 Å². The zero-order valence-corrected chi connectivity index (χ0v) is 9.92. The molecule has 0 spiro atoms. The molecule has 0 bridgehead atoms. The van der Waals surface area contributed by atoms with Crippen molar-refractivity contribution < 1.29 is 4.92 Å². The molecule has 2 rings (SSSR count). The van der Waals surface area contributed by atoms with Gasteiger partial charge < -0.3 is 4.90 Å². The largest absolute Gasteiger partial charge is 0.321 e. The van der Waals surface area contributed by atoms with Crippen LogP contribution in [0.4, 0.5) is 5.69 Å². The van der Waals surface area contributed by atoms with Gasteiger partial charge >= 0.3 is 0 Å². The summed E-state index contributed by atoms with van der Waals surface area (Å²) in [5, 5.41) is 10.5. The summed E-state index contributed by atoms with van der Waals surface area (Å²) in [6.07, 6.45) is 1.67. The molecular formula is C9H9BrN4O2. The molecule has 1 aliphatic rings. The van der Waals surface area contributed by atoms with Crippen LogP contribution in [0, 0.1) is 10.1 Å². The molecular weight excluding hydrogens is 276 g/mol. The summed E-state index contributed by atoms with van der Waals surface area (Å²) in [6, 6.07) is 3.66. The smallest absolute Gasteiger partial charge is 0.260 e. The molecule has 1 aromatic rings. The van der Waals surface area contributed by atoms with Crippen LogP contribution in [0.25, 0.3) is 0 Å². The lowest BCUT2D eigenvalue weighted by molar-refractivity contribution is -0.463. The van der Waals surface area contributed by atoms with Crippen molar-refractivity contribution in [2.75, 3.05) is 24.5 Å². The summed E-state index contributed by atoms with van der Waals surface area (Å²) >= 11 is 3.24. The van der Waals surface area contributed by atoms with Crippen LogP contribution in [0.5, 0.6) is 0 Å². The summed E-state index contributed by atoms with van der Waals surface area (Å²) in [6.45, 7) is 1.03. The lowest BCUT2D eigenvalue weighted by Gasteiger charge is -2.17. The predicted octanol–water partition coefficient (Wildman–Crippen LogP) is 1.34. The standard InChI is InChI=1S/C9H9BrN4O2/c10-8-2-1-7(5-12-8)13-4-3-11-9(13)6-14(15)16/h1-2,5H,3-4,6H2. The van der Waals surface area contributed by atoms with E-state index in [-0.39, 0.29) is 11.5 Å². The van der Waals surface area contributed by atoms with Crippen molar-refractivity contribution in [3.8, 4) is 0 Å². The first-order valence-electron chi connectivity index (χ1n) is 4.71. The number of amidine groups is 1. The van der Waals surface area contributed by atoms with Gasteiger partial charge in [-0.3, -0.25) is 15.1 Å². The van der Waals surface area contributed by atoms with Crippen molar-refractivity contribution >= 4 is 27.5 Å². The van der Waals surface area contributed by atoms with Gasteiger partial charge in [-0.15, -0.1) is 0 Å². The van der Waals surface area contributed by atoms with Crippen LogP contribution >= 0.6 is 15.9 Å². The van der Waals surface area contributed by atoms with E-state index in [1.165, 1.54) is 0 Å². The lowest BCUT2D eigenvalue weighted by Crippen LogP contribution is -2.32. The third-order valence-electron chi connectivity index (χ3n) is 2.22. The summed E-state index contributed by atoms with van der Waals surface area (Å²) in [7, 11) is 0. The third-order valence-corrected chi connectivity index (χ3v) is 2.69. The van der Waals surface area contributed by atoms with E-state index in [9.17, 15) is 10.1 Å². The molecule has 0 atom stereocenters. The van der Waals surface area contributed by atoms with Crippen LogP contribution in [0.1, 0.15) is 0 Å². The van der Waals surface area contributed by atoms with Gasteiger partial charge in [0, 0.05) is 11.5 Å². The Balaban J connectivity index is 2.18. The number of nitrogens with zero attached hydrogens (tertiary/aromatic N) is 4. The van der Waals surface area contributed by atoms with E-state index >= 15 is 0 Å². The monoisotopic (exact) mass is 284 g/mol. The van der Waals surface area contributed by atoms with Crippen molar-refractivity contribution in [3.05, 3.63) is 33.0 Å². The highest BCUT2D eigenvalue weighted by Crippen LogP contribution is 2.18. The van der Waals surface area contributed by atoms with Gasteiger partial charge in [0.25, 0.3) is 6.54 Å². The van der Waals surface area contributed by atoms with Crippen molar-refractivity contribution in [2.45, 2.75) is 0 Å². The zero-order valence-electron chi connectivity index (χ0n) is 8.34. The fraction of sp³-hybridized carbons (Fsp3) is 0.333. The highest BCUT2D eigenvalue weighted by Gasteiger charge is 2.22. The first-order chi connectivity index (χ1) is 7.66. The van der Waals surface area contributed by atoms with Crippen molar-refractivity contribution in [2.24, 2.45) is 4.99 Å². The average Bonchev–Trinajstić information content (AvgIpc) is 2.66. The van der Waals surface area contributed by atoms with Crippen LogP contribution in [-0.4, -0.2) is 35.4 Å². The molecule has 2 heterocycles. The number of halogens is 1. The quantitative estimate of drug-likeness (QED) is 0.477. The number of hydrogen-bond donors (Lipinski definition) is 0. The van der Waals surface area contributed by atoms with Gasteiger partial charge in [-0.25, -0.2) is 4.98 Å². The van der Waals surface area contributed by atoms with E-state index in [0.717, 1.165) is 10.3 Å². The van der Waals surface area contributed by atoms with E-state index in [2.05, 4.69) is 25.9 Å². The van der Waals surface area contributed by atoms with E-state index in [0.29, 0.717) is 18.9 Å². The average molecular weight is 285 g/mol. The Morgan fingerprint density at radius 1 is 1.56 bits per heavy atom. The Morgan fingerprint density at radius 2 is 2.38 bits per heavy atom. The number of rotatable bonds is 3. The molecule has 0 saturated carbocycles. The Labute approximate surface area is 100 Å². The van der Waals surface area contributed by atoms with Crippen molar-refractivity contribution in [1.29, 1.82) is 0 Å². The SMILES string of the molecule is O=[N+]([O-])CC1=NCCN1c1ccc(Br)nc1. The van der Waals surface area contributed by atoms with Gasteiger partial charge in [-0.1, -0.05) is 0 Å². The van der Waals surface area contributed by atoms with Crippen LogP contribution in [-0.2, 0) is 0 Å². The number of anilines is 1. The molecule has 0 aromatic carbocycles. The first-order valence-corrected chi connectivity index (χ1v) is 5.50. The second-order valence-electron chi connectivity index (χ2n) is 3.28. The minimum Gasteiger partial charge on any atom is -0.321 e. The fourth-order valence-corrected chi connectivity index (χ4v) is 1.78. The van der Waals surface area contributed by atoms with Gasteiger partial charge in [-0.2, -0.15) is 0 Å².